The van der Waals surface area contributed by atoms with Crippen molar-refractivity contribution in [3.63, 3.8) is 0 Å². The molecule has 1 unspecified atom stereocenters. The molecule has 7 heteroatoms. The fourth-order valence-corrected chi connectivity index (χ4v) is 4.89. The minimum Gasteiger partial charge on any atom is -0.311 e. The van der Waals surface area contributed by atoms with Crippen molar-refractivity contribution in [1.82, 2.24) is 4.90 Å². The third kappa shape index (κ3) is 6.19. The highest BCUT2D eigenvalue weighted by atomic mass is 32.2. The molecule has 4 rings (SSSR count). The molecule has 0 saturated heterocycles. The largest absolute Gasteiger partial charge is 0.416 e. The van der Waals surface area contributed by atoms with E-state index in [4.69, 9.17) is 0 Å². The van der Waals surface area contributed by atoms with E-state index >= 15 is 0 Å². The van der Waals surface area contributed by atoms with Crippen LogP contribution in [0.3, 0.4) is 0 Å². The van der Waals surface area contributed by atoms with Crippen LogP contribution in [-0.2, 0) is 11.6 Å². The van der Waals surface area contributed by atoms with Crippen molar-refractivity contribution in [3.8, 4) is 0 Å². The Kier molecular flexibility index (Phi) is 7.81. The second kappa shape index (κ2) is 10.0. The summed E-state index contributed by atoms with van der Waals surface area (Å²) in [5.74, 6) is 0.822. The fourth-order valence-electron chi connectivity index (χ4n) is 3.81. The van der Waals surface area contributed by atoms with Crippen LogP contribution in [-0.4, -0.2) is 32.1 Å². The van der Waals surface area contributed by atoms with Crippen LogP contribution in [0.15, 0.2) is 47.4 Å². The Labute approximate surface area is 193 Å². The third-order valence-corrected chi connectivity index (χ3v) is 7.25. The molecular formula is C25H32F4N2S. The quantitative estimate of drug-likeness (QED) is 0.322. The summed E-state index contributed by atoms with van der Waals surface area (Å²) in [6.07, 6.45) is 0.378. The van der Waals surface area contributed by atoms with E-state index in [0.717, 1.165) is 53.6 Å². The Morgan fingerprint density at radius 2 is 1.72 bits per heavy atom. The summed E-state index contributed by atoms with van der Waals surface area (Å²) in [6, 6.07) is 10.0. The van der Waals surface area contributed by atoms with Crippen LogP contribution in [0.4, 0.5) is 23.2 Å². The van der Waals surface area contributed by atoms with Crippen molar-refractivity contribution in [2.75, 3.05) is 31.5 Å². The number of rotatable bonds is 6. The van der Waals surface area contributed by atoms with E-state index in [-0.39, 0.29) is 11.2 Å². The van der Waals surface area contributed by atoms with Crippen molar-refractivity contribution in [2.24, 2.45) is 5.92 Å². The summed E-state index contributed by atoms with van der Waals surface area (Å²) in [5.41, 5.74) is 1.08. The topological polar surface area (TPSA) is 6.48 Å². The molecule has 32 heavy (non-hydrogen) atoms. The molecule has 1 saturated carbocycles. The lowest BCUT2D eigenvalue weighted by molar-refractivity contribution is -0.137. The Balaban J connectivity index is 0.000000650. The van der Waals surface area contributed by atoms with Gasteiger partial charge in [0.1, 0.15) is 5.82 Å². The van der Waals surface area contributed by atoms with Gasteiger partial charge in [-0.05, 0) is 99.4 Å². The van der Waals surface area contributed by atoms with Crippen molar-refractivity contribution >= 4 is 17.6 Å². The Bertz CT molecular complexity index is 894. The van der Waals surface area contributed by atoms with Gasteiger partial charge < -0.3 is 9.21 Å². The normalized spacial score (nSPS) is 20.2. The maximum Gasteiger partial charge on any atom is 0.416 e. The molecule has 0 bridgehead atoms. The van der Waals surface area contributed by atoms with Gasteiger partial charge in [0.2, 0.25) is 0 Å². The summed E-state index contributed by atoms with van der Waals surface area (Å²) in [6.45, 7) is 5.96. The zero-order valence-corrected chi connectivity index (χ0v) is 20.0. The molecule has 1 atom stereocenters. The van der Waals surface area contributed by atoms with Gasteiger partial charge in [0.25, 0.3) is 0 Å². The SMILES string of the molecule is CC1CC1.CCC1(CCN(C)C)CN(Sc2ccc(C(F)(F)F)cc2)c2ccc(F)cc21. The van der Waals surface area contributed by atoms with E-state index in [2.05, 4.69) is 23.1 Å². The minimum atomic E-state index is -4.34. The highest BCUT2D eigenvalue weighted by molar-refractivity contribution is 8.00. The number of fused-ring (bicyclic) bond motifs is 1. The van der Waals surface area contributed by atoms with Crippen molar-refractivity contribution in [3.05, 3.63) is 59.4 Å². The minimum absolute atomic E-state index is 0.180. The highest BCUT2D eigenvalue weighted by Gasteiger charge is 2.42. The number of benzene rings is 2. The maximum atomic E-state index is 14.0. The van der Waals surface area contributed by atoms with Crippen LogP contribution in [0.2, 0.25) is 0 Å². The number of halogens is 4. The number of anilines is 1. The maximum absolute atomic E-state index is 14.0. The molecular weight excluding hydrogens is 436 g/mol. The summed E-state index contributed by atoms with van der Waals surface area (Å²) in [4.78, 5) is 2.84. The fraction of sp³-hybridized carbons (Fsp3) is 0.520. The lowest BCUT2D eigenvalue weighted by Crippen LogP contribution is -2.34. The van der Waals surface area contributed by atoms with Gasteiger partial charge >= 0.3 is 6.18 Å². The zero-order valence-electron chi connectivity index (χ0n) is 19.2. The summed E-state index contributed by atoms with van der Waals surface area (Å²) < 4.78 is 54.5. The Morgan fingerprint density at radius 3 is 2.22 bits per heavy atom. The highest BCUT2D eigenvalue weighted by Crippen LogP contribution is 2.49. The first kappa shape index (κ1) is 24.9. The molecule has 0 N–H and O–H groups in total. The van der Waals surface area contributed by atoms with Gasteiger partial charge in [-0.1, -0.05) is 26.7 Å². The molecule has 1 fully saturated rings. The summed E-state index contributed by atoms with van der Waals surface area (Å²) in [5, 5.41) is 0. The van der Waals surface area contributed by atoms with Gasteiger partial charge in [0.15, 0.2) is 0 Å². The van der Waals surface area contributed by atoms with E-state index in [0.29, 0.717) is 6.54 Å². The van der Waals surface area contributed by atoms with E-state index in [1.807, 2.05) is 14.1 Å². The third-order valence-electron chi connectivity index (χ3n) is 6.22. The van der Waals surface area contributed by atoms with Gasteiger partial charge in [-0.25, -0.2) is 4.39 Å². The van der Waals surface area contributed by atoms with Gasteiger partial charge in [-0.3, -0.25) is 0 Å². The molecule has 1 aliphatic heterocycles. The first-order valence-corrected chi connectivity index (χ1v) is 11.9. The Hall–Kier alpha value is -1.73. The molecule has 2 aromatic carbocycles. The predicted molar refractivity (Wildman–Crippen MR) is 125 cm³/mol. The lowest BCUT2D eigenvalue weighted by Gasteiger charge is -2.30. The smallest absolute Gasteiger partial charge is 0.311 e. The molecule has 1 heterocycles. The molecule has 2 aliphatic rings. The van der Waals surface area contributed by atoms with Gasteiger partial charge in [0.05, 0.1) is 11.3 Å². The van der Waals surface area contributed by atoms with E-state index < -0.39 is 11.7 Å². The molecule has 0 spiro atoms. The number of hydrogen-bond acceptors (Lipinski definition) is 3. The van der Waals surface area contributed by atoms with Crippen LogP contribution in [0.25, 0.3) is 0 Å². The second-order valence-corrected chi connectivity index (χ2v) is 10.3. The molecule has 2 nitrogen and oxygen atoms in total. The first-order chi connectivity index (χ1) is 15.0. The van der Waals surface area contributed by atoms with Gasteiger partial charge in [-0.15, -0.1) is 0 Å². The summed E-state index contributed by atoms with van der Waals surface area (Å²) in [7, 11) is 4.03. The van der Waals surface area contributed by atoms with Crippen LogP contribution >= 0.6 is 11.9 Å². The molecule has 0 radical (unpaired) electrons. The molecule has 1 aliphatic carbocycles. The zero-order chi connectivity index (χ0) is 23.5. The number of alkyl halides is 3. The van der Waals surface area contributed by atoms with Crippen molar-refractivity contribution in [1.29, 1.82) is 0 Å². The standard InChI is InChI=1S/C21H24F4N2S.C4H8/c1-4-20(11-12-26(2)3)14-27(19-10-7-16(22)13-18(19)20)28-17-8-5-15(6-9-17)21(23,24)25;1-4-2-3-4/h5-10,13H,4,11-12,14H2,1-3H3;4H,2-3H2,1H3. The van der Waals surface area contributed by atoms with Crippen LogP contribution in [0.1, 0.15) is 50.7 Å². The van der Waals surface area contributed by atoms with E-state index in [9.17, 15) is 17.6 Å². The Morgan fingerprint density at radius 1 is 1.09 bits per heavy atom. The lowest BCUT2D eigenvalue weighted by atomic mass is 9.77. The van der Waals surface area contributed by atoms with Crippen LogP contribution in [0.5, 0.6) is 0 Å². The molecule has 2 aromatic rings. The van der Waals surface area contributed by atoms with E-state index in [1.165, 1.54) is 43.0 Å². The number of nitrogens with zero attached hydrogens (tertiary/aromatic N) is 2. The number of hydrogen-bond donors (Lipinski definition) is 0. The summed E-state index contributed by atoms with van der Waals surface area (Å²) >= 11 is 1.40. The van der Waals surface area contributed by atoms with Gasteiger partial charge in [-0.2, -0.15) is 13.2 Å². The van der Waals surface area contributed by atoms with Crippen molar-refractivity contribution in [2.45, 2.75) is 56.0 Å². The van der Waals surface area contributed by atoms with Gasteiger partial charge in [0, 0.05) is 16.9 Å². The molecule has 0 aromatic heterocycles. The monoisotopic (exact) mass is 468 g/mol. The van der Waals surface area contributed by atoms with Crippen molar-refractivity contribution < 1.29 is 17.6 Å². The van der Waals surface area contributed by atoms with E-state index in [1.54, 1.807) is 12.1 Å². The average Bonchev–Trinajstić information content (AvgIpc) is 3.46. The average molecular weight is 469 g/mol. The first-order valence-electron chi connectivity index (χ1n) is 11.1. The second-order valence-electron chi connectivity index (χ2n) is 9.18. The molecule has 176 valence electrons. The molecule has 0 amide bonds. The predicted octanol–water partition coefficient (Wildman–Crippen LogP) is 7.39. The van der Waals surface area contributed by atoms with Crippen LogP contribution < -0.4 is 4.31 Å². The van der Waals surface area contributed by atoms with Crippen LogP contribution in [0, 0.1) is 11.7 Å².